The number of para-hydroxylation sites is 1. The Kier molecular flexibility index (Phi) is 5.51. The van der Waals surface area contributed by atoms with Gasteiger partial charge in [0.1, 0.15) is 5.82 Å². The monoisotopic (exact) mass is 429 g/mol. The van der Waals surface area contributed by atoms with E-state index in [9.17, 15) is 5.11 Å². The fraction of sp³-hybridized carbons (Fsp3) is 0.280. The predicted molar refractivity (Wildman–Crippen MR) is 126 cm³/mol. The molecule has 7 nitrogen and oxygen atoms in total. The Bertz CT molecular complexity index is 1140. The molecule has 1 unspecified atom stereocenters. The van der Waals surface area contributed by atoms with E-state index in [-0.39, 0.29) is 0 Å². The number of nitrogens with one attached hydrogen (secondary N) is 1. The first-order valence-corrected chi connectivity index (χ1v) is 10.8. The Morgan fingerprint density at radius 1 is 1.06 bits per heavy atom. The first kappa shape index (κ1) is 20.5. The van der Waals surface area contributed by atoms with Gasteiger partial charge in [-0.15, -0.1) is 0 Å². The van der Waals surface area contributed by atoms with Gasteiger partial charge in [0.15, 0.2) is 0 Å². The average molecular weight is 430 g/mol. The van der Waals surface area contributed by atoms with Crippen molar-refractivity contribution in [1.29, 1.82) is 0 Å². The van der Waals surface area contributed by atoms with E-state index in [2.05, 4.69) is 36.3 Å². The van der Waals surface area contributed by atoms with E-state index in [1.54, 1.807) is 0 Å². The SMILES string of the molecule is Cc1cccc(C)c1N1Cc2cnc3nc2N(C/C=C/COCc2cccc(c2)N3)C1O. The largest absolute Gasteiger partial charge is 0.373 e. The molecule has 2 aliphatic rings. The molecule has 0 amide bonds. The van der Waals surface area contributed by atoms with Crippen LogP contribution in [-0.2, 0) is 17.9 Å². The maximum absolute atomic E-state index is 11.4. The minimum absolute atomic E-state index is 0.501. The maximum atomic E-state index is 11.4. The van der Waals surface area contributed by atoms with Gasteiger partial charge in [-0.05, 0) is 42.7 Å². The van der Waals surface area contributed by atoms with Crippen LogP contribution in [0.5, 0.6) is 0 Å². The van der Waals surface area contributed by atoms with Gasteiger partial charge in [0.2, 0.25) is 12.3 Å². The van der Waals surface area contributed by atoms with Crippen molar-refractivity contribution in [2.45, 2.75) is 33.4 Å². The van der Waals surface area contributed by atoms with Crippen LogP contribution in [0.1, 0.15) is 22.3 Å². The van der Waals surface area contributed by atoms with Crippen molar-refractivity contribution >= 4 is 23.1 Å². The fourth-order valence-corrected chi connectivity index (χ4v) is 4.36. The maximum Gasteiger partial charge on any atom is 0.229 e. The molecule has 0 aliphatic carbocycles. The molecule has 2 N–H and O–H groups in total. The highest BCUT2D eigenvalue weighted by Crippen LogP contribution is 2.35. The van der Waals surface area contributed by atoms with Gasteiger partial charge in [-0.2, -0.15) is 4.98 Å². The van der Waals surface area contributed by atoms with Crippen LogP contribution in [0, 0.1) is 13.8 Å². The quantitative estimate of drug-likeness (QED) is 0.566. The number of fused-ring (bicyclic) bond motifs is 3. The Balaban J connectivity index is 1.57. The molecule has 0 radical (unpaired) electrons. The molecule has 164 valence electrons. The van der Waals surface area contributed by atoms with E-state index in [0.29, 0.717) is 32.3 Å². The molecule has 3 aromatic rings. The number of benzene rings is 2. The molecule has 2 aliphatic heterocycles. The van der Waals surface area contributed by atoms with Crippen molar-refractivity contribution in [3.8, 4) is 0 Å². The zero-order valence-corrected chi connectivity index (χ0v) is 18.3. The summed E-state index contributed by atoms with van der Waals surface area (Å²) in [6.45, 7) is 6.20. The van der Waals surface area contributed by atoms with Gasteiger partial charge in [0.25, 0.3) is 0 Å². The number of aryl methyl sites for hydroxylation is 2. The Morgan fingerprint density at radius 3 is 2.72 bits per heavy atom. The standard InChI is InChI=1S/C25H27N5O2/c1-17-7-5-8-18(2)22(17)30-15-20-14-26-24-27-21-10-6-9-19(13-21)16-32-12-4-3-11-29(25(30)31)23(20)28-24/h3-10,13-14,25,31H,11-12,15-16H2,1-2H3,(H,26,27,28)/b4-3+. The van der Waals surface area contributed by atoms with Crippen molar-refractivity contribution in [1.82, 2.24) is 9.97 Å². The van der Waals surface area contributed by atoms with Gasteiger partial charge in [-0.25, -0.2) is 4.98 Å². The number of ether oxygens (including phenoxy) is 1. The summed E-state index contributed by atoms with van der Waals surface area (Å²) < 4.78 is 5.79. The van der Waals surface area contributed by atoms with Crippen LogP contribution in [0.2, 0.25) is 0 Å². The first-order chi connectivity index (χ1) is 15.6. The number of hydrogen-bond acceptors (Lipinski definition) is 7. The highest BCUT2D eigenvalue weighted by atomic mass is 16.5. The molecule has 7 heteroatoms. The Labute approximate surface area is 188 Å². The van der Waals surface area contributed by atoms with Crippen LogP contribution < -0.4 is 15.1 Å². The molecule has 1 atom stereocenters. The molecule has 2 aromatic carbocycles. The summed E-state index contributed by atoms with van der Waals surface area (Å²) in [6.07, 6.45) is 5.00. The predicted octanol–water partition coefficient (Wildman–Crippen LogP) is 4.03. The molecule has 32 heavy (non-hydrogen) atoms. The molecule has 1 aromatic heterocycles. The molecule has 5 rings (SSSR count). The second-order valence-electron chi connectivity index (χ2n) is 8.22. The van der Waals surface area contributed by atoms with Crippen LogP contribution in [0.25, 0.3) is 0 Å². The lowest BCUT2D eigenvalue weighted by Gasteiger charge is -2.43. The summed E-state index contributed by atoms with van der Waals surface area (Å²) in [6, 6.07) is 14.2. The van der Waals surface area contributed by atoms with E-state index in [4.69, 9.17) is 9.72 Å². The molecular weight excluding hydrogens is 402 g/mol. The number of anilines is 4. The van der Waals surface area contributed by atoms with Gasteiger partial charge in [-0.3, -0.25) is 0 Å². The first-order valence-electron chi connectivity index (χ1n) is 10.8. The Morgan fingerprint density at radius 2 is 1.88 bits per heavy atom. The summed E-state index contributed by atoms with van der Waals surface area (Å²) >= 11 is 0. The van der Waals surface area contributed by atoms with Gasteiger partial charge < -0.3 is 25.0 Å². The van der Waals surface area contributed by atoms with Crippen LogP contribution in [-0.4, -0.2) is 34.6 Å². The number of aliphatic hydroxyl groups is 1. The lowest BCUT2D eigenvalue weighted by atomic mass is 10.1. The smallest absolute Gasteiger partial charge is 0.229 e. The second kappa shape index (κ2) is 8.61. The van der Waals surface area contributed by atoms with Crippen LogP contribution in [0.4, 0.5) is 23.1 Å². The topological polar surface area (TPSA) is 73.8 Å². The normalized spacial score (nSPS) is 19.2. The molecule has 0 spiro atoms. The highest BCUT2D eigenvalue weighted by Gasteiger charge is 2.33. The number of aliphatic hydroxyl groups excluding tert-OH is 1. The zero-order chi connectivity index (χ0) is 22.1. The van der Waals surface area contributed by atoms with E-state index in [1.165, 1.54) is 0 Å². The summed E-state index contributed by atoms with van der Waals surface area (Å²) in [5.74, 6) is 1.23. The summed E-state index contributed by atoms with van der Waals surface area (Å²) in [4.78, 5) is 13.3. The molecule has 0 saturated heterocycles. The summed E-state index contributed by atoms with van der Waals surface area (Å²) in [7, 11) is 0. The molecule has 0 fully saturated rings. The van der Waals surface area contributed by atoms with Crippen molar-refractivity contribution in [3.05, 3.63) is 83.1 Å². The average Bonchev–Trinajstić information content (AvgIpc) is 2.78. The van der Waals surface area contributed by atoms with Gasteiger partial charge in [0, 0.05) is 29.7 Å². The molecule has 0 saturated carbocycles. The van der Waals surface area contributed by atoms with E-state index in [0.717, 1.165) is 39.4 Å². The lowest BCUT2D eigenvalue weighted by molar-refractivity contribution is 0.148. The van der Waals surface area contributed by atoms with Crippen LogP contribution in [0.15, 0.2) is 60.8 Å². The second-order valence-corrected chi connectivity index (χ2v) is 8.22. The van der Waals surface area contributed by atoms with Crippen molar-refractivity contribution in [2.75, 3.05) is 28.3 Å². The molecule has 4 bridgehead atoms. The van der Waals surface area contributed by atoms with Crippen LogP contribution in [0.3, 0.4) is 0 Å². The minimum Gasteiger partial charge on any atom is -0.373 e. The highest BCUT2D eigenvalue weighted by molar-refractivity contribution is 5.65. The zero-order valence-electron chi connectivity index (χ0n) is 18.3. The number of hydrogen-bond donors (Lipinski definition) is 2. The van der Waals surface area contributed by atoms with Crippen LogP contribution >= 0.6 is 0 Å². The van der Waals surface area contributed by atoms with Crippen molar-refractivity contribution in [3.63, 3.8) is 0 Å². The minimum atomic E-state index is -0.855. The van der Waals surface area contributed by atoms with E-state index >= 15 is 0 Å². The lowest BCUT2D eigenvalue weighted by Crippen LogP contribution is -2.53. The number of nitrogens with zero attached hydrogens (tertiary/aromatic N) is 4. The van der Waals surface area contributed by atoms with E-state index in [1.807, 2.05) is 58.5 Å². The third-order valence-electron chi connectivity index (χ3n) is 5.87. The third kappa shape index (κ3) is 3.92. The van der Waals surface area contributed by atoms with E-state index < -0.39 is 6.35 Å². The molecular formula is C25H27N5O2. The van der Waals surface area contributed by atoms with Gasteiger partial charge in [-0.1, -0.05) is 42.5 Å². The Hall–Kier alpha value is -3.42. The summed E-state index contributed by atoms with van der Waals surface area (Å²) in [5, 5.41) is 14.7. The molecule has 3 heterocycles. The third-order valence-corrected chi connectivity index (χ3v) is 5.87. The van der Waals surface area contributed by atoms with Gasteiger partial charge in [0.05, 0.1) is 19.8 Å². The van der Waals surface area contributed by atoms with Gasteiger partial charge >= 0.3 is 0 Å². The van der Waals surface area contributed by atoms with Crippen molar-refractivity contribution < 1.29 is 9.84 Å². The summed E-state index contributed by atoms with van der Waals surface area (Å²) in [5.41, 5.74) is 6.24. The number of aromatic nitrogens is 2. The van der Waals surface area contributed by atoms with Crippen molar-refractivity contribution in [2.24, 2.45) is 0 Å². The number of rotatable bonds is 1. The fourth-order valence-electron chi connectivity index (χ4n) is 4.36.